The maximum Gasteiger partial charge on any atom is 0.336 e. The third-order valence-electron chi connectivity index (χ3n) is 2.56. The molecule has 0 amide bonds. The molecule has 0 aromatic carbocycles. The summed E-state index contributed by atoms with van der Waals surface area (Å²) < 4.78 is 16.4. The van der Waals surface area contributed by atoms with E-state index < -0.39 is 8.56 Å². The van der Waals surface area contributed by atoms with Gasteiger partial charge in [0.1, 0.15) is 6.79 Å². The van der Waals surface area contributed by atoms with E-state index in [0.29, 0.717) is 6.79 Å². The SMILES string of the molecule is CCCCCOCO[Si](C)(CCCO)OC. The van der Waals surface area contributed by atoms with Crippen LogP contribution in [0.25, 0.3) is 0 Å². The van der Waals surface area contributed by atoms with Gasteiger partial charge in [0.25, 0.3) is 0 Å². The van der Waals surface area contributed by atoms with Gasteiger partial charge >= 0.3 is 8.56 Å². The summed E-state index contributed by atoms with van der Waals surface area (Å²) in [5.41, 5.74) is 0. The van der Waals surface area contributed by atoms with E-state index in [4.69, 9.17) is 18.7 Å². The quantitative estimate of drug-likeness (QED) is 0.347. The highest BCUT2D eigenvalue weighted by Gasteiger charge is 2.29. The molecule has 4 nitrogen and oxygen atoms in total. The van der Waals surface area contributed by atoms with Crippen molar-refractivity contribution < 1.29 is 18.7 Å². The van der Waals surface area contributed by atoms with Gasteiger partial charge in [0.2, 0.25) is 0 Å². The maximum absolute atomic E-state index is 8.77. The highest BCUT2D eigenvalue weighted by molar-refractivity contribution is 6.65. The van der Waals surface area contributed by atoms with E-state index in [0.717, 1.165) is 25.5 Å². The molecule has 0 heterocycles. The molecular weight excluding hydrogens is 224 g/mol. The highest BCUT2D eigenvalue weighted by atomic mass is 28.4. The fourth-order valence-corrected chi connectivity index (χ4v) is 2.91. The molecule has 0 aliphatic heterocycles. The first-order valence-corrected chi connectivity index (χ1v) is 8.58. The minimum absolute atomic E-state index is 0.187. The second-order valence-corrected chi connectivity index (χ2v) is 7.51. The Bertz CT molecular complexity index is 157. The van der Waals surface area contributed by atoms with Crippen molar-refractivity contribution in [2.75, 3.05) is 27.1 Å². The van der Waals surface area contributed by atoms with E-state index in [-0.39, 0.29) is 6.61 Å². The molecule has 98 valence electrons. The van der Waals surface area contributed by atoms with E-state index >= 15 is 0 Å². The van der Waals surface area contributed by atoms with Crippen LogP contribution < -0.4 is 0 Å². The fourth-order valence-electron chi connectivity index (χ4n) is 1.31. The van der Waals surface area contributed by atoms with Crippen LogP contribution in [0.4, 0.5) is 0 Å². The first kappa shape index (κ1) is 16.1. The molecule has 0 saturated heterocycles. The van der Waals surface area contributed by atoms with E-state index in [1.54, 1.807) is 7.11 Å². The van der Waals surface area contributed by atoms with Gasteiger partial charge in [0, 0.05) is 20.3 Å². The zero-order valence-corrected chi connectivity index (χ0v) is 11.8. The van der Waals surface area contributed by atoms with Crippen molar-refractivity contribution in [1.29, 1.82) is 0 Å². The highest BCUT2D eigenvalue weighted by Crippen LogP contribution is 2.14. The van der Waals surface area contributed by atoms with Gasteiger partial charge in [-0.3, -0.25) is 0 Å². The van der Waals surface area contributed by atoms with Crippen LogP contribution in [0.1, 0.15) is 32.6 Å². The summed E-state index contributed by atoms with van der Waals surface area (Å²) in [7, 11) is -0.431. The molecule has 0 saturated carbocycles. The van der Waals surface area contributed by atoms with Gasteiger partial charge in [-0.1, -0.05) is 19.8 Å². The molecular formula is C11H26O4Si. The second kappa shape index (κ2) is 10.2. The summed E-state index contributed by atoms with van der Waals surface area (Å²) in [6.45, 7) is 5.42. The number of rotatable bonds is 11. The molecule has 0 radical (unpaired) electrons. The summed E-state index contributed by atoms with van der Waals surface area (Å²) >= 11 is 0. The average molecular weight is 250 g/mol. The fraction of sp³-hybridized carbons (Fsp3) is 1.00. The Morgan fingerprint density at radius 3 is 2.50 bits per heavy atom. The molecule has 0 rings (SSSR count). The third kappa shape index (κ3) is 8.24. The largest absolute Gasteiger partial charge is 0.398 e. The summed E-state index contributed by atoms with van der Waals surface area (Å²) in [6, 6.07) is 0.804. The minimum Gasteiger partial charge on any atom is -0.398 e. The molecule has 5 heteroatoms. The molecule has 0 aliphatic rings. The van der Waals surface area contributed by atoms with Crippen LogP contribution in [0.15, 0.2) is 0 Å². The number of aliphatic hydroxyl groups is 1. The van der Waals surface area contributed by atoms with Crippen molar-refractivity contribution in [3.63, 3.8) is 0 Å². The molecule has 1 unspecified atom stereocenters. The monoisotopic (exact) mass is 250 g/mol. The van der Waals surface area contributed by atoms with Crippen molar-refractivity contribution in [2.45, 2.75) is 45.2 Å². The molecule has 0 aromatic heterocycles. The zero-order valence-electron chi connectivity index (χ0n) is 10.8. The Kier molecular flexibility index (Phi) is 10.3. The van der Waals surface area contributed by atoms with Gasteiger partial charge in [-0.05, 0) is 25.4 Å². The second-order valence-electron chi connectivity index (χ2n) is 4.04. The minimum atomic E-state index is -2.10. The van der Waals surface area contributed by atoms with Gasteiger partial charge < -0.3 is 18.7 Å². The number of hydrogen-bond donors (Lipinski definition) is 1. The lowest BCUT2D eigenvalue weighted by molar-refractivity contribution is -0.00777. The van der Waals surface area contributed by atoms with Crippen molar-refractivity contribution >= 4 is 8.56 Å². The molecule has 0 fully saturated rings. The van der Waals surface area contributed by atoms with E-state index in [9.17, 15) is 0 Å². The summed E-state index contributed by atoms with van der Waals surface area (Å²) in [6.07, 6.45) is 4.21. The molecule has 1 atom stereocenters. The average Bonchev–Trinajstić information content (AvgIpc) is 2.31. The molecule has 0 aliphatic carbocycles. The van der Waals surface area contributed by atoms with Gasteiger partial charge in [-0.15, -0.1) is 0 Å². The Balaban J connectivity index is 3.53. The number of unbranched alkanes of at least 4 members (excludes halogenated alkanes) is 2. The standard InChI is InChI=1S/C11H26O4Si/c1-4-5-6-9-14-11-15-16(3,13-2)10-7-8-12/h12H,4-11H2,1-3H3. The van der Waals surface area contributed by atoms with Crippen LogP contribution in [0.5, 0.6) is 0 Å². The zero-order chi connectivity index (χ0) is 12.3. The predicted octanol–water partition coefficient (Wildman–Crippen LogP) is 2.27. The van der Waals surface area contributed by atoms with Crippen molar-refractivity contribution in [2.24, 2.45) is 0 Å². The first-order chi connectivity index (χ1) is 7.68. The summed E-state index contributed by atoms with van der Waals surface area (Å²) in [5.74, 6) is 0. The van der Waals surface area contributed by atoms with Crippen LogP contribution >= 0.6 is 0 Å². The summed E-state index contributed by atoms with van der Waals surface area (Å²) in [5, 5.41) is 8.77. The molecule has 0 aromatic rings. The Labute approximate surface area is 100 Å². The Morgan fingerprint density at radius 1 is 1.19 bits per heavy atom. The lowest BCUT2D eigenvalue weighted by Gasteiger charge is -2.24. The van der Waals surface area contributed by atoms with E-state index in [1.807, 2.05) is 6.55 Å². The van der Waals surface area contributed by atoms with Crippen LogP contribution in [0.2, 0.25) is 12.6 Å². The van der Waals surface area contributed by atoms with Crippen molar-refractivity contribution in [1.82, 2.24) is 0 Å². The predicted molar refractivity (Wildman–Crippen MR) is 66.6 cm³/mol. The number of ether oxygens (including phenoxy) is 1. The Hall–Kier alpha value is 0.0569. The smallest absolute Gasteiger partial charge is 0.336 e. The summed E-state index contributed by atoms with van der Waals surface area (Å²) in [4.78, 5) is 0. The molecule has 1 N–H and O–H groups in total. The topological polar surface area (TPSA) is 47.9 Å². The van der Waals surface area contributed by atoms with Crippen LogP contribution in [-0.2, 0) is 13.6 Å². The normalized spacial score (nSPS) is 15.0. The lowest BCUT2D eigenvalue weighted by atomic mass is 10.3. The van der Waals surface area contributed by atoms with Gasteiger partial charge in [0.05, 0.1) is 0 Å². The number of aliphatic hydroxyl groups excluding tert-OH is 1. The lowest BCUT2D eigenvalue weighted by Crippen LogP contribution is -2.38. The van der Waals surface area contributed by atoms with Crippen LogP contribution in [-0.4, -0.2) is 40.8 Å². The maximum atomic E-state index is 8.77. The van der Waals surface area contributed by atoms with Gasteiger partial charge in [-0.2, -0.15) is 0 Å². The van der Waals surface area contributed by atoms with Gasteiger partial charge in [-0.25, -0.2) is 0 Å². The molecule has 16 heavy (non-hydrogen) atoms. The molecule has 0 spiro atoms. The first-order valence-electron chi connectivity index (χ1n) is 6.06. The third-order valence-corrected chi connectivity index (χ3v) is 5.41. The number of hydrogen-bond acceptors (Lipinski definition) is 4. The molecule has 0 bridgehead atoms. The van der Waals surface area contributed by atoms with Crippen LogP contribution in [0, 0.1) is 0 Å². The van der Waals surface area contributed by atoms with E-state index in [2.05, 4.69) is 6.92 Å². The van der Waals surface area contributed by atoms with Crippen molar-refractivity contribution in [3.8, 4) is 0 Å². The van der Waals surface area contributed by atoms with Crippen LogP contribution in [0.3, 0.4) is 0 Å². The van der Waals surface area contributed by atoms with Gasteiger partial charge in [0.15, 0.2) is 0 Å². The van der Waals surface area contributed by atoms with Crippen molar-refractivity contribution in [3.05, 3.63) is 0 Å². The Morgan fingerprint density at radius 2 is 1.94 bits per heavy atom. The van der Waals surface area contributed by atoms with E-state index in [1.165, 1.54) is 12.8 Å².